The van der Waals surface area contributed by atoms with Gasteiger partial charge in [-0.15, -0.1) is 0 Å². The first-order valence-corrected chi connectivity index (χ1v) is 7.24. The summed E-state index contributed by atoms with van der Waals surface area (Å²) < 4.78 is 41.8. The molecule has 0 amide bonds. The molecule has 0 aliphatic carbocycles. The molecule has 4 aromatic rings. The molecule has 0 N–H and O–H groups in total. The van der Waals surface area contributed by atoms with Gasteiger partial charge < -0.3 is 0 Å². The van der Waals surface area contributed by atoms with Gasteiger partial charge in [0.1, 0.15) is 5.65 Å². The summed E-state index contributed by atoms with van der Waals surface area (Å²) in [5.74, 6) is 0. The van der Waals surface area contributed by atoms with E-state index in [1.165, 1.54) is 13.0 Å². The highest BCUT2D eigenvalue weighted by atomic mass is 19.4. The third kappa shape index (κ3) is 1.92. The molecule has 0 fully saturated rings. The maximum atomic E-state index is 13.3. The maximum absolute atomic E-state index is 13.3. The van der Waals surface area contributed by atoms with Gasteiger partial charge in [-0.3, -0.25) is 4.40 Å². The lowest BCUT2D eigenvalue weighted by molar-refractivity contribution is -0.137. The summed E-state index contributed by atoms with van der Waals surface area (Å²) in [6.07, 6.45) is -0.865. The van der Waals surface area contributed by atoms with Gasteiger partial charge in [0.2, 0.25) is 0 Å². The molecular weight excluding hydrogens is 301 g/mol. The van der Waals surface area contributed by atoms with Crippen LogP contribution in [0.4, 0.5) is 13.2 Å². The Morgan fingerprint density at radius 1 is 1.00 bits per heavy atom. The van der Waals surface area contributed by atoms with Crippen LogP contribution >= 0.6 is 0 Å². The van der Waals surface area contributed by atoms with E-state index < -0.39 is 11.7 Å². The van der Waals surface area contributed by atoms with Crippen LogP contribution < -0.4 is 0 Å². The van der Waals surface area contributed by atoms with Gasteiger partial charge in [0.05, 0.1) is 11.1 Å². The summed E-state index contributed by atoms with van der Waals surface area (Å²) in [6, 6.07) is 8.49. The first kappa shape index (κ1) is 14.1. The smallest absolute Gasteiger partial charge is 0.299 e. The molecule has 2 nitrogen and oxygen atoms in total. The summed E-state index contributed by atoms with van der Waals surface area (Å²) in [4.78, 5) is 4.33. The molecule has 0 aliphatic heterocycles. The third-order valence-corrected chi connectivity index (χ3v) is 4.33. The van der Waals surface area contributed by atoms with Crippen molar-refractivity contribution in [2.45, 2.75) is 20.0 Å². The van der Waals surface area contributed by atoms with Gasteiger partial charge in [0, 0.05) is 23.2 Å². The lowest BCUT2D eigenvalue weighted by atomic mass is 9.96. The van der Waals surface area contributed by atoms with Crippen molar-refractivity contribution in [3.63, 3.8) is 0 Å². The number of aromatic nitrogens is 2. The zero-order valence-electron chi connectivity index (χ0n) is 12.6. The van der Waals surface area contributed by atoms with Gasteiger partial charge in [-0.25, -0.2) is 4.98 Å². The summed E-state index contributed by atoms with van der Waals surface area (Å²) >= 11 is 0. The fourth-order valence-electron chi connectivity index (χ4n) is 3.31. The number of rotatable bonds is 0. The van der Waals surface area contributed by atoms with Crippen molar-refractivity contribution in [1.29, 1.82) is 0 Å². The Morgan fingerprint density at radius 2 is 1.78 bits per heavy atom. The van der Waals surface area contributed by atoms with Crippen molar-refractivity contribution in [3.8, 4) is 0 Å². The van der Waals surface area contributed by atoms with Crippen LogP contribution in [-0.2, 0) is 6.18 Å². The van der Waals surface area contributed by atoms with E-state index in [1.807, 2.05) is 35.7 Å². The average molecular weight is 314 g/mol. The van der Waals surface area contributed by atoms with E-state index >= 15 is 0 Å². The maximum Gasteiger partial charge on any atom is 0.416 e. The van der Waals surface area contributed by atoms with Crippen LogP contribution in [0.5, 0.6) is 0 Å². The summed E-state index contributed by atoms with van der Waals surface area (Å²) in [5.41, 5.74) is 2.20. The fraction of sp³-hybridized carbons (Fsp3) is 0.167. The monoisotopic (exact) mass is 314 g/mol. The quantitative estimate of drug-likeness (QED) is 0.404. The summed E-state index contributed by atoms with van der Waals surface area (Å²) in [6.45, 7) is 3.47. The molecule has 0 unspecified atom stereocenters. The molecule has 0 saturated carbocycles. The Hall–Kier alpha value is -2.56. The molecule has 116 valence electrons. The van der Waals surface area contributed by atoms with Crippen LogP contribution in [-0.4, -0.2) is 9.38 Å². The minimum absolute atomic E-state index is 0.246. The predicted molar refractivity (Wildman–Crippen MR) is 84.7 cm³/mol. The highest BCUT2D eigenvalue weighted by molar-refractivity contribution is 6.13. The van der Waals surface area contributed by atoms with Gasteiger partial charge in [-0.2, -0.15) is 13.2 Å². The predicted octanol–water partition coefficient (Wildman–Crippen LogP) is 5.28. The van der Waals surface area contributed by atoms with Crippen molar-refractivity contribution in [2.75, 3.05) is 0 Å². The number of halogens is 3. The summed E-state index contributed by atoms with van der Waals surface area (Å²) in [7, 11) is 0. The normalized spacial score (nSPS) is 12.6. The molecule has 5 heteroatoms. The van der Waals surface area contributed by atoms with Gasteiger partial charge in [-0.1, -0.05) is 11.6 Å². The zero-order valence-corrected chi connectivity index (χ0v) is 12.6. The molecule has 23 heavy (non-hydrogen) atoms. The number of benzene rings is 2. The highest BCUT2D eigenvalue weighted by Crippen LogP contribution is 2.39. The summed E-state index contributed by atoms with van der Waals surface area (Å²) in [5, 5.41) is 2.17. The van der Waals surface area contributed by atoms with E-state index in [0.717, 1.165) is 27.9 Å². The number of aryl methyl sites for hydroxylation is 2. The van der Waals surface area contributed by atoms with Crippen molar-refractivity contribution in [2.24, 2.45) is 0 Å². The second-order valence-electron chi connectivity index (χ2n) is 5.80. The van der Waals surface area contributed by atoms with E-state index in [-0.39, 0.29) is 5.56 Å². The van der Waals surface area contributed by atoms with Crippen molar-refractivity contribution >= 4 is 27.3 Å². The number of pyridine rings is 1. The molecule has 2 aromatic carbocycles. The molecule has 0 spiro atoms. The van der Waals surface area contributed by atoms with E-state index in [1.54, 1.807) is 6.20 Å². The van der Waals surface area contributed by atoms with E-state index in [0.29, 0.717) is 11.0 Å². The lowest BCUT2D eigenvalue weighted by Crippen LogP contribution is -2.08. The molecule has 0 radical (unpaired) electrons. The van der Waals surface area contributed by atoms with Crippen LogP contribution in [0.2, 0.25) is 0 Å². The molecule has 0 bridgehead atoms. The fourth-order valence-corrected chi connectivity index (χ4v) is 3.31. The zero-order chi connectivity index (χ0) is 16.4. The number of alkyl halides is 3. The Bertz CT molecular complexity index is 1070. The molecule has 0 aliphatic rings. The molecular formula is C18H13F3N2. The van der Waals surface area contributed by atoms with Gasteiger partial charge in [0.25, 0.3) is 0 Å². The Kier molecular flexibility index (Phi) is 2.73. The number of hydrogen-bond donors (Lipinski definition) is 0. The molecule has 4 rings (SSSR count). The first-order chi connectivity index (χ1) is 10.9. The molecule has 0 atom stereocenters. The lowest BCUT2D eigenvalue weighted by Gasteiger charge is -2.16. The second kappa shape index (κ2) is 4.47. The number of hydrogen-bond acceptors (Lipinski definition) is 1. The van der Waals surface area contributed by atoms with E-state index in [4.69, 9.17) is 0 Å². The van der Waals surface area contributed by atoms with E-state index in [9.17, 15) is 13.2 Å². The average Bonchev–Trinajstić information content (AvgIpc) is 2.95. The Balaban J connectivity index is 2.33. The standard InChI is InChI=1S/C18H13F3N2/c1-10-3-6-15-13(9-10)16-11(2)14(18(19,20)21)5-4-12(16)17-22-7-8-23(15)17/h3-9H,1-2H3. The van der Waals surface area contributed by atoms with Gasteiger partial charge >= 0.3 is 6.18 Å². The second-order valence-corrected chi connectivity index (χ2v) is 5.80. The highest BCUT2D eigenvalue weighted by Gasteiger charge is 2.33. The van der Waals surface area contributed by atoms with Gasteiger partial charge in [0.15, 0.2) is 0 Å². The number of fused-ring (bicyclic) bond motifs is 6. The Labute approximate surface area is 130 Å². The molecule has 0 saturated heterocycles. The SMILES string of the molecule is Cc1ccc2c(c1)c1c(C)c(C(F)(F)F)ccc1c1nccn21. The van der Waals surface area contributed by atoms with Crippen LogP contribution in [0, 0.1) is 13.8 Å². The number of imidazole rings is 1. The van der Waals surface area contributed by atoms with Crippen LogP contribution in [0.15, 0.2) is 42.7 Å². The van der Waals surface area contributed by atoms with E-state index in [2.05, 4.69) is 4.98 Å². The minimum Gasteiger partial charge on any atom is -0.299 e. The van der Waals surface area contributed by atoms with Crippen LogP contribution in [0.25, 0.3) is 27.3 Å². The number of nitrogens with zero attached hydrogens (tertiary/aromatic N) is 2. The largest absolute Gasteiger partial charge is 0.416 e. The molecule has 2 aromatic heterocycles. The third-order valence-electron chi connectivity index (χ3n) is 4.33. The van der Waals surface area contributed by atoms with Crippen molar-refractivity contribution < 1.29 is 13.2 Å². The topological polar surface area (TPSA) is 17.3 Å². The van der Waals surface area contributed by atoms with Crippen LogP contribution in [0.1, 0.15) is 16.7 Å². The Morgan fingerprint density at radius 3 is 2.52 bits per heavy atom. The van der Waals surface area contributed by atoms with Crippen molar-refractivity contribution in [1.82, 2.24) is 9.38 Å². The molecule has 2 heterocycles. The van der Waals surface area contributed by atoms with Gasteiger partial charge in [-0.05, 0) is 49.1 Å². The van der Waals surface area contributed by atoms with Crippen molar-refractivity contribution in [3.05, 3.63) is 59.4 Å². The van der Waals surface area contributed by atoms with Crippen LogP contribution in [0.3, 0.4) is 0 Å². The first-order valence-electron chi connectivity index (χ1n) is 7.24. The minimum atomic E-state index is -4.37.